The second-order valence-electron chi connectivity index (χ2n) is 4.58. The largest absolute Gasteiger partial charge is 0.480 e. The van der Waals surface area contributed by atoms with Gasteiger partial charge in [0.2, 0.25) is 5.88 Å². The molecule has 0 aliphatic rings. The van der Waals surface area contributed by atoms with Crippen molar-refractivity contribution in [2.75, 3.05) is 12.8 Å². The number of para-hydroxylation sites is 1. The van der Waals surface area contributed by atoms with Gasteiger partial charge in [-0.3, -0.25) is 0 Å². The lowest BCUT2D eigenvalue weighted by Gasteiger charge is -2.10. The molecule has 0 aliphatic heterocycles. The van der Waals surface area contributed by atoms with Gasteiger partial charge in [-0.2, -0.15) is 0 Å². The minimum absolute atomic E-state index is 0.378. The summed E-state index contributed by atoms with van der Waals surface area (Å²) in [4.78, 5) is 8.09. The molecule has 0 saturated carbocycles. The molecule has 2 N–H and O–H groups in total. The van der Waals surface area contributed by atoms with Crippen molar-refractivity contribution in [3.8, 4) is 28.5 Å². The van der Waals surface area contributed by atoms with Gasteiger partial charge in [-0.1, -0.05) is 30.3 Å². The van der Waals surface area contributed by atoms with Gasteiger partial charge in [0.25, 0.3) is 0 Å². The first-order valence-corrected chi connectivity index (χ1v) is 6.75. The number of aromatic nitrogens is 2. The SMILES string of the molecule is COc1ncnc(N)c1-c1ccc(Oc2ccccc2)cc1. The van der Waals surface area contributed by atoms with Gasteiger partial charge in [0.05, 0.1) is 12.7 Å². The smallest absolute Gasteiger partial charge is 0.226 e. The normalized spacial score (nSPS) is 10.2. The van der Waals surface area contributed by atoms with Crippen LogP contribution in [0, 0.1) is 0 Å². The molecule has 0 amide bonds. The zero-order valence-corrected chi connectivity index (χ0v) is 12.1. The van der Waals surface area contributed by atoms with Crippen molar-refractivity contribution in [1.29, 1.82) is 0 Å². The molecule has 0 saturated heterocycles. The van der Waals surface area contributed by atoms with Crippen molar-refractivity contribution in [2.24, 2.45) is 0 Å². The molecule has 110 valence electrons. The zero-order valence-electron chi connectivity index (χ0n) is 12.1. The van der Waals surface area contributed by atoms with Crippen molar-refractivity contribution >= 4 is 5.82 Å². The van der Waals surface area contributed by atoms with Gasteiger partial charge in [-0.15, -0.1) is 0 Å². The van der Waals surface area contributed by atoms with Crippen molar-refractivity contribution in [2.45, 2.75) is 0 Å². The molecule has 0 spiro atoms. The molecular formula is C17H15N3O2. The van der Waals surface area contributed by atoms with E-state index in [9.17, 15) is 0 Å². The lowest BCUT2D eigenvalue weighted by molar-refractivity contribution is 0.399. The van der Waals surface area contributed by atoms with Gasteiger partial charge >= 0.3 is 0 Å². The van der Waals surface area contributed by atoms with Crippen LogP contribution >= 0.6 is 0 Å². The van der Waals surface area contributed by atoms with Gasteiger partial charge in [-0.05, 0) is 29.8 Å². The quantitative estimate of drug-likeness (QED) is 0.797. The molecular weight excluding hydrogens is 278 g/mol. The summed E-state index contributed by atoms with van der Waals surface area (Å²) in [5, 5.41) is 0. The van der Waals surface area contributed by atoms with Crippen LogP contribution in [0.1, 0.15) is 0 Å². The third-order valence-corrected chi connectivity index (χ3v) is 3.16. The Balaban J connectivity index is 1.89. The Morgan fingerprint density at radius 1 is 0.864 bits per heavy atom. The Morgan fingerprint density at radius 2 is 1.55 bits per heavy atom. The maximum Gasteiger partial charge on any atom is 0.226 e. The number of ether oxygens (including phenoxy) is 2. The average molecular weight is 293 g/mol. The van der Waals surface area contributed by atoms with Gasteiger partial charge in [0.15, 0.2) is 0 Å². The average Bonchev–Trinajstić information content (AvgIpc) is 2.56. The molecule has 1 aromatic heterocycles. The molecule has 2 aromatic carbocycles. The van der Waals surface area contributed by atoms with Gasteiger partial charge in [0.1, 0.15) is 23.6 Å². The summed E-state index contributed by atoms with van der Waals surface area (Å²) in [6, 6.07) is 17.1. The van der Waals surface area contributed by atoms with Crippen LogP contribution in [0.5, 0.6) is 17.4 Å². The van der Waals surface area contributed by atoms with E-state index >= 15 is 0 Å². The van der Waals surface area contributed by atoms with E-state index in [1.54, 1.807) is 7.11 Å². The van der Waals surface area contributed by atoms with E-state index in [4.69, 9.17) is 15.2 Å². The predicted molar refractivity (Wildman–Crippen MR) is 84.9 cm³/mol. The number of nitrogens with zero attached hydrogens (tertiary/aromatic N) is 2. The lowest BCUT2D eigenvalue weighted by atomic mass is 10.1. The minimum Gasteiger partial charge on any atom is -0.480 e. The number of hydrogen-bond acceptors (Lipinski definition) is 5. The predicted octanol–water partition coefficient (Wildman–Crippen LogP) is 3.53. The maximum absolute atomic E-state index is 5.93. The van der Waals surface area contributed by atoms with Crippen LogP contribution < -0.4 is 15.2 Å². The summed E-state index contributed by atoms with van der Waals surface area (Å²) in [6.07, 6.45) is 1.38. The van der Waals surface area contributed by atoms with Crippen LogP contribution in [0.4, 0.5) is 5.82 Å². The highest BCUT2D eigenvalue weighted by atomic mass is 16.5. The number of anilines is 1. The number of hydrogen-bond donors (Lipinski definition) is 1. The summed E-state index contributed by atoms with van der Waals surface area (Å²) in [7, 11) is 1.55. The van der Waals surface area contributed by atoms with Crippen molar-refractivity contribution in [3.63, 3.8) is 0 Å². The molecule has 1 heterocycles. The van der Waals surface area contributed by atoms with Crippen LogP contribution in [0.25, 0.3) is 11.1 Å². The molecule has 5 nitrogen and oxygen atoms in total. The fourth-order valence-electron chi connectivity index (χ4n) is 2.12. The molecule has 3 rings (SSSR count). The Kier molecular flexibility index (Phi) is 3.87. The summed E-state index contributed by atoms with van der Waals surface area (Å²) in [5.74, 6) is 2.35. The Bertz CT molecular complexity index is 759. The molecule has 0 bridgehead atoms. The minimum atomic E-state index is 0.378. The Hall–Kier alpha value is -3.08. The second-order valence-corrected chi connectivity index (χ2v) is 4.58. The first-order valence-electron chi connectivity index (χ1n) is 6.75. The van der Waals surface area contributed by atoms with Gasteiger partial charge in [-0.25, -0.2) is 9.97 Å². The number of nitrogen functional groups attached to an aromatic ring is 1. The first kappa shape index (κ1) is 13.9. The van der Waals surface area contributed by atoms with E-state index in [0.717, 1.165) is 17.1 Å². The van der Waals surface area contributed by atoms with E-state index < -0.39 is 0 Å². The van der Waals surface area contributed by atoms with Gasteiger partial charge in [0, 0.05) is 0 Å². The van der Waals surface area contributed by atoms with E-state index in [1.165, 1.54) is 6.33 Å². The lowest BCUT2D eigenvalue weighted by Crippen LogP contribution is -1.99. The fourth-order valence-corrected chi connectivity index (χ4v) is 2.12. The van der Waals surface area contributed by atoms with Crippen molar-refractivity contribution in [3.05, 3.63) is 60.9 Å². The molecule has 0 atom stereocenters. The van der Waals surface area contributed by atoms with Crippen molar-refractivity contribution in [1.82, 2.24) is 9.97 Å². The highest BCUT2D eigenvalue weighted by Crippen LogP contribution is 2.33. The van der Waals surface area contributed by atoms with Crippen LogP contribution in [0.3, 0.4) is 0 Å². The molecule has 0 radical (unpaired) electrons. The standard InChI is InChI=1S/C17H15N3O2/c1-21-17-15(16(18)19-11-20-17)12-7-9-14(10-8-12)22-13-5-3-2-4-6-13/h2-11H,1H3,(H2,18,19,20). The molecule has 0 aliphatic carbocycles. The van der Waals surface area contributed by atoms with E-state index in [2.05, 4.69) is 9.97 Å². The van der Waals surface area contributed by atoms with Crippen LogP contribution in [0.2, 0.25) is 0 Å². The van der Waals surface area contributed by atoms with Gasteiger partial charge < -0.3 is 15.2 Å². The van der Waals surface area contributed by atoms with Crippen LogP contribution in [-0.2, 0) is 0 Å². The third kappa shape index (κ3) is 2.83. The number of methoxy groups -OCH3 is 1. The van der Waals surface area contributed by atoms with Crippen molar-refractivity contribution < 1.29 is 9.47 Å². The summed E-state index contributed by atoms with van der Waals surface area (Å²) < 4.78 is 11.0. The van der Waals surface area contributed by atoms with Crippen LogP contribution in [-0.4, -0.2) is 17.1 Å². The number of nitrogens with two attached hydrogens (primary N) is 1. The summed E-state index contributed by atoms with van der Waals surface area (Å²) in [5.41, 5.74) is 7.48. The zero-order chi connectivity index (χ0) is 15.4. The summed E-state index contributed by atoms with van der Waals surface area (Å²) in [6.45, 7) is 0. The van der Waals surface area contributed by atoms with E-state index in [0.29, 0.717) is 17.3 Å². The number of benzene rings is 2. The first-order chi connectivity index (χ1) is 10.8. The monoisotopic (exact) mass is 293 g/mol. The van der Waals surface area contributed by atoms with E-state index in [-0.39, 0.29) is 0 Å². The topological polar surface area (TPSA) is 70.3 Å². The van der Waals surface area contributed by atoms with Crippen LogP contribution in [0.15, 0.2) is 60.9 Å². The maximum atomic E-state index is 5.93. The van der Waals surface area contributed by atoms with E-state index in [1.807, 2.05) is 54.6 Å². The highest BCUT2D eigenvalue weighted by molar-refractivity contribution is 5.78. The highest BCUT2D eigenvalue weighted by Gasteiger charge is 2.12. The number of rotatable bonds is 4. The molecule has 5 heteroatoms. The second kappa shape index (κ2) is 6.13. The molecule has 0 fully saturated rings. The third-order valence-electron chi connectivity index (χ3n) is 3.16. The molecule has 22 heavy (non-hydrogen) atoms. The fraction of sp³-hybridized carbons (Fsp3) is 0.0588. The Morgan fingerprint density at radius 3 is 2.23 bits per heavy atom. The molecule has 0 unspecified atom stereocenters. The Labute approximate surface area is 128 Å². The summed E-state index contributed by atoms with van der Waals surface area (Å²) >= 11 is 0. The molecule has 3 aromatic rings.